The van der Waals surface area contributed by atoms with Gasteiger partial charge in [0.05, 0.1) is 0 Å². The molecule has 1 N–H and O–H groups in total. The summed E-state index contributed by atoms with van der Waals surface area (Å²) in [6, 6.07) is 11.7. The van der Waals surface area contributed by atoms with E-state index in [1.54, 1.807) is 12.4 Å². The molecular formula is C20H23N3O2. The lowest BCUT2D eigenvalue weighted by atomic mass is 10.1. The van der Waals surface area contributed by atoms with Crippen LogP contribution in [-0.4, -0.2) is 48.1 Å². The molecule has 2 aromatic rings. The van der Waals surface area contributed by atoms with Crippen molar-refractivity contribution in [2.75, 3.05) is 26.2 Å². The highest BCUT2D eigenvalue weighted by atomic mass is 16.5. The van der Waals surface area contributed by atoms with Crippen LogP contribution in [0.1, 0.15) is 18.1 Å². The van der Waals surface area contributed by atoms with Crippen molar-refractivity contribution in [2.24, 2.45) is 0 Å². The lowest BCUT2D eigenvalue weighted by Crippen LogP contribution is -2.50. The molecule has 1 aliphatic heterocycles. The van der Waals surface area contributed by atoms with Gasteiger partial charge in [-0.1, -0.05) is 24.3 Å². The molecule has 25 heavy (non-hydrogen) atoms. The Hall–Kier alpha value is -2.66. The first kappa shape index (κ1) is 17.2. The summed E-state index contributed by atoms with van der Waals surface area (Å²) in [4.78, 5) is 18.2. The Morgan fingerprint density at radius 3 is 2.32 bits per heavy atom. The van der Waals surface area contributed by atoms with E-state index in [0.717, 1.165) is 37.3 Å². The molecule has 0 bridgehead atoms. The van der Waals surface area contributed by atoms with Gasteiger partial charge >= 0.3 is 0 Å². The van der Waals surface area contributed by atoms with E-state index in [-0.39, 0.29) is 5.91 Å². The summed E-state index contributed by atoms with van der Waals surface area (Å²) >= 11 is 0. The number of ether oxygens (including phenoxy) is 1. The van der Waals surface area contributed by atoms with Crippen LogP contribution in [0.5, 0.6) is 5.75 Å². The standard InChI is InChI=1S/C20H23N3O2/c1-16(20(24)23-14-12-22-13-15-23)25-19-6-4-17(5-7-19)2-3-18-8-10-21-11-9-18/h2-11,16,22H,12-15H2,1H3/b3-2+. The fourth-order valence-corrected chi connectivity index (χ4v) is 2.72. The SMILES string of the molecule is CC(Oc1ccc(/C=C/c2ccncc2)cc1)C(=O)N1CCNCC1. The van der Waals surface area contributed by atoms with Crippen LogP contribution >= 0.6 is 0 Å². The smallest absolute Gasteiger partial charge is 0.263 e. The number of benzene rings is 1. The van der Waals surface area contributed by atoms with Gasteiger partial charge in [0.2, 0.25) is 0 Å². The van der Waals surface area contributed by atoms with E-state index in [1.165, 1.54) is 0 Å². The van der Waals surface area contributed by atoms with Crippen molar-refractivity contribution in [3.63, 3.8) is 0 Å². The van der Waals surface area contributed by atoms with E-state index in [0.29, 0.717) is 5.75 Å². The molecule has 5 heteroatoms. The van der Waals surface area contributed by atoms with Crippen LogP contribution in [0, 0.1) is 0 Å². The van der Waals surface area contributed by atoms with Crippen LogP contribution in [0.2, 0.25) is 0 Å². The van der Waals surface area contributed by atoms with E-state index in [9.17, 15) is 4.79 Å². The second-order valence-electron chi connectivity index (χ2n) is 6.02. The average Bonchev–Trinajstić information content (AvgIpc) is 2.68. The Morgan fingerprint density at radius 1 is 1.08 bits per heavy atom. The number of hydrogen-bond donors (Lipinski definition) is 1. The van der Waals surface area contributed by atoms with Gasteiger partial charge in [-0.3, -0.25) is 9.78 Å². The zero-order chi connectivity index (χ0) is 17.5. The molecular weight excluding hydrogens is 314 g/mol. The maximum atomic E-state index is 12.4. The second kappa shape index (κ2) is 8.44. The van der Waals surface area contributed by atoms with Crippen molar-refractivity contribution in [1.29, 1.82) is 0 Å². The van der Waals surface area contributed by atoms with Crippen molar-refractivity contribution in [2.45, 2.75) is 13.0 Å². The third-order valence-corrected chi connectivity index (χ3v) is 4.14. The maximum absolute atomic E-state index is 12.4. The zero-order valence-electron chi connectivity index (χ0n) is 14.4. The molecule has 0 saturated carbocycles. The van der Waals surface area contributed by atoms with Gasteiger partial charge in [-0.05, 0) is 42.3 Å². The number of piperazine rings is 1. The molecule has 1 aromatic heterocycles. The third-order valence-electron chi connectivity index (χ3n) is 4.14. The minimum Gasteiger partial charge on any atom is -0.481 e. The molecule has 1 fully saturated rings. The van der Waals surface area contributed by atoms with Crippen molar-refractivity contribution in [3.05, 3.63) is 59.9 Å². The second-order valence-corrected chi connectivity index (χ2v) is 6.02. The monoisotopic (exact) mass is 337 g/mol. The molecule has 130 valence electrons. The highest BCUT2D eigenvalue weighted by Crippen LogP contribution is 2.16. The zero-order valence-corrected chi connectivity index (χ0v) is 14.4. The van der Waals surface area contributed by atoms with Gasteiger partial charge in [0.1, 0.15) is 5.75 Å². The van der Waals surface area contributed by atoms with Crippen molar-refractivity contribution in [1.82, 2.24) is 15.2 Å². The summed E-state index contributed by atoms with van der Waals surface area (Å²) in [5.41, 5.74) is 2.18. The van der Waals surface area contributed by atoms with Crippen molar-refractivity contribution < 1.29 is 9.53 Å². The number of hydrogen-bond acceptors (Lipinski definition) is 4. The quantitative estimate of drug-likeness (QED) is 0.911. The van der Waals surface area contributed by atoms with E-state index in [1.807, 2.05) is 60.4 Å². The highest BCUT2D eigenvalue weighted by molar-refractivity contribution is 5.81. The third kappa shape index (κ3) is 4.90. The molecule has 3 rings (SSSR count). The minimum absolute atomic E-state index is 0.0446. The van der Waals surface area contributed by atoms with Crippen LogP contribution in [0.3, 0.4) is 0 Å². The summed E-state index contributed by atoms with van der Waals surface area (Å²) < 4.78 is 5.80. The van der Waals surface area contributed by atoms with E-state index in [4.69, 9.17) is 4.74 Å². The lowest BCUT2D eigenvalue weighted by Gasteiger charge is -2.29. The number of amides is 1. The molecule has 2 heterocycles. The van der Waals surface area contributed by atoms with Gasteiger partial charge in [0, 0.05) is 38.6 Å². The summed E-state index contributed by atoms with van der Waals surface area (Å²) in [5.74, 6) is 0.750. The summed E-state index contributed by atoms with van der Waals surface area (Å²) in [7, 11) is 0. The predicted molar refractivity (Wildman–Crippen MR) is 99.1 cm³/mol. The first-order valence-electron chi connectivity index (χ1n) is 8.57. The largest absolute Gasteiger partial charge is 0.481 e. The molecule has 0 radical (unpaired) electrons. The Morgan fingerprint density at radius 2 is 1.68 bits per heavy atom. The van der Waals surface area contributed by atoms with Gasteiger partial charge in [0.25, 0.3) is 5.91 Å². The van der Waals surface area contributed by atoms with Crippen LogP contribution in [0.15, 0.2) is 48.8 Å². The Bertz CT molecular complexity index is 707. The number of nitrogens with one attached hydrogen (secondary N) is 1. The molecule has 1 unspecified atom stereocenters. The van der Waals surface area contributed by atoms with Crippen LogP contribution in [-0.2, 0) is 4.79 Å². The number of carbonyl (C=O) groups is 1. The van der Waals surface area contributed by atoms with Crippen LogP contribution in [0.25, 0.3) is 12.2 Å². The maximum Gasteiger partial charge on any atom is 0.263 e. The summed E-state index contributed by atoms with van der Waals surface area (Å²) in [6.45, 7) is 4.98. The molecule has 1 aliphatic rings. The normalized spacial score (nSPS) is 16.0. The van der Waals surface area contributed by atoms with Crippen LogP contribution < -0.4 is 10.1 Å². The van der Waals surface area contributed by atoms with Crippen molar-refractivity contribution >= 4 is 18.1 Å². The van der Waals surface area contributed by atoms with E-state index < -0.39 is 6.10 Å². The number of carbonyl (C=O) groups excluding carboxylic acids is 1. The summed E-state index contributed by atoms with van der Waals surface area (Å²) in [5, 5.41) is 3.24. The fraction of sp³-hybridized carbons (Fsp3) is 0.300. The number of aromatic nitrogens is 1. The van der Waals surface area contributed by atoms with Gasteiger partial charge < -0.3 is 15.0 Å². The molecule has 1 saturated heterocycles. The Balaban J connectivity index is 1.56. The number of pyridine rings is 1. The Kier molecular flexibility index (Phi) is 5.80. The van der Waals surface area contributed by atoms with E-state index in [2.05, 4.69) is 10.3 Å². The minimum atomic E-state index is -0.476. The fourth-order valence-electron chi connectivity index (χ4n) is 2.72. The van der Waals surface area contributed by atoms with Crippen LogP contribution in [0.4, 0.5) is 0 Å². The van der Waals surface area contributed by atoms with Gasteiger partial charge in [-0.15, -0.1) is 0 Å². The predicted octanol–water partition coefficient (Wildman–Crippen LogP) is 2.45. The molecule has 0 spiro atoms. The topological polar surface area (TPSA) is 54.5 Å². The lowest BCUT2D eigenvalue weighted by molar-refractivity contribution is -0.138. The molecule has 5 nitrogen and oxygen atoms in total. The first-order valence-corrected chi connectivity index (χ1v) is 8.57. The van der Waals surface area contributed by atoms with E-state index >= 15 is 0 Å². The number of rotatable bonds is 5. The first-order chi connectivity index (χ1) is 12.2. The van der Waals surface area contributed by atoms with Gasteiger partial charge in [-0.2, -0.15) is 0 Å². The number of nitrogens with zero attached hydrogens (tertiary/aromatic N) is 2. The molecule has 0 aliphatic carbocycles. The van der Waals surface area contributed by atoms with Gasteiger partial charge in [0.15, 0.2) is 6.10 Å². The highest BCUT2D eigenvalue weighted by Gasteiger charge is 2.23. The summed E-state index contributed by atoms with van der Waals surface area (Å²) in [6.07, 6.45) is 7.14. The molecule has 1 amide bonds. The van der Waals surface area contributed by atoms with Gasteiger partial charge in [-0.25, -0.2) is 0 Å². The van der Waals surface area contributed by atoms with Crippen molar-refractivity contribution in [3.8, 4) is 5.75 Å². The average molecular weight is 337 g/mol. The molecule has 1 aromatic carbocycles. The Labute approximate surface area is 148 Å². The molecule has 1 atom stereocenters.